The molecule has 1 aromatic carbocycles. The van der Waals surface area contributed by atoms with E-state index in [4.69, 9.17) is 28.8 Å². The van der Waals surface area contributed by atoms with Crippen LogP contribution in [0.25, 0.3) is 0 Å². The Morgan fingerprint density at radius 3 is 2.15 bits per heavy atom. The number of ether oxygens (including phenoxy) is 5. The van der Waals surface area contributed by atoms with Gasteiger partial charge >= 0.3 is 6.09 Å². The van der Waals surface area contributed by atoms with Crippen molar-refractivity contribution >= 4 is 6.09 Å². The van der Waals surface area contributed by atoms with E-state index in [9.17, 15) is 4.79 Å². The van der Waals surface area contributed by atoms with Gasteiger partial charge in [-0.2, -0.15) is 0 Å². The zero-order valence-corrected chi connectivity index (χ0v) is 15.6. The van der Waals surface area contributed by atoms with Crippen LogP contribution in [0.3, 0.4) is 0 Å². The van der Waals surface area contributed by atoms with Crippen molar-refractivity contribution in [3.63, 3.8) is 0 Å². The largest absolute Gasteiger partial charge is 0.445 e. The number of likely N-dealkylation sites (tertiary alicyclic amines) is 1. The van der Waals surface area contributed by atoms with Gasteiger partial charge in [-0.05, 0) is 5.56 Å². The number of hydrogen-bond donors (Lipinski definition) is 1. The van der Waals surface area contributed by atoms with Crippen molar-refractivity contribution in [3.05, 3.63) is 35.9 Å². The van der Waals surface area contributed by atoms with Crippen molar-refractivity contribution < 1.29 is 33.6 Å². The molecule has 0 spiro atoms. The molecule has 152 valence electrons. The summed E-state index contributed by atoms with van der Waals surface area (Å²) in [5, 5.41) is 8.54. The maximum Gasteiger partial charge on any atom is 0.410 e. The molecule has 0 atom stereocenters. The number of rotatable bonds is 14. The third-order valence-electron chi connectivity index (χ3n) is 3.87. The van der Waals surface area contributed by atoms with Gasteiger partial charge in [0.05, 0.1) is 72.0 Å². The van der Waals surface area contributed by atoms with Gasteiger partial charge in [-0.15, -0.1) is 0 Å². The molecule has 0 radical (unpaired) electrons. The first-order chi connectivity index (χ1) is 13.3. The lowest BCUT2D eigenvalue weighted by molar-refractivity contribution is -0.0703. The fourth-order valence-electron chi connectivity index (χ4n) is 2.38. The second-order valence-corrected chi connectivity index (χ2v) is 6.00. The Morgan fingerprint density at radius 2 is 1.52 bits per heavy atom. The molecule has 1 amide bonds. The van der Waals surface area contributed by atoms with Gasteiger partial charge in [0.2, 0.25) is 0 Å². The van der Waals surface area contributed by atoms with Gasteiger partial charge in [0.25, 0.3) is 0 Å². The van der Waals surface area contributed by atoms with Crippen molar-refractivity contribution in [3.8, 4) is 0 Å². The monoisotopic (exact) mass is 383 g/mol. The SMILES string of the molecule is O=C(OCc1ccccc1)N1CC(OCCOCCOCCOCCO)C1. The molecule has 0 aromatic heterocycles. The van der Waals surface area contributed by atoms with E-state index in [1.54, 1.807) is 4.90 Å². The van der Waals surface area contributed by atoms with E-state index < -0.39 is 0 Å². The Bertz CT molecular complexity index is 508. The summed E-state index contributed by atoms with van der Waals surface area (Å²) in [6.07, 6.45) is -0.270. The lowest BCUT2D eigenvalue weighted by atomic mass is 10.2. The summed E-state index contributed by atoms with van der Waals surface area (Å²) in [7, 11) is 0. The standard InChI is InChI=1S/C19H29NO7/c21-6-7-23-8-9-24-10-11-25-12-13-26-18-14-20(15-18)19(22)27-16-17-4-2-1-3-5-17/h1-5,18,21H,6-16H2. The van der Waals surface area contributed by atoms with Crippen molar-refractivity contribution in [2.24, 2.45) is 0 Å². The highest BCUT2D eigenvalue weighted by Crippen LogP contribution is 2.14. The third kappa shape index (κ3) is 9.16. The summed E-state index contributed by atoms with van der Waals surface area (Å²) in [4.78, 5) is 13.5. The molecular formula is C19H29NO7. The van der Waals surface area contributed by atoms with Crippen molar-refractivity contribution in [1.29, 1.82) is 0 Å². The van der Waals surface area contributed by atoms with E-state index >= 15 is 0 Å². The Balaban J connectivity index is 1.37. The van der Waals surface area contributed by atoms with Gasteiger partial charge in [-0.3, -0.25) is 0 Å². The molecule has 0 bridgehead atoms. The summed E-state index contributed by atoms with van der Waals surface area (Å²) >= 11 is 0. The predicted octanol–water partition coefficient (Wildman–Crippen LogP) is 1.07. The Hall–Kier alpha value is -1.71. The Kier molecular flexibility index (Phi) is 10.8. The molecule has 8 nitrogen and oxygen atoms in total. The molecule has 1 saturated heterocycles. The van der Waals surface area contributed by atoms with E-state index in [0.717, 1.165) is 5.56 Å². The van der Waals surface area contributed by atoms with Crippen LogP contribution < -0.4 is 0 Å². The van der Waals surface area contributed by atoms with Crippen LogP contribution in [-0.4, -0.2) is 88.1 Å². The summed E-state index contributed by atoms with van der Waals surface area (Å²) in [6.45, 7) is 4.64. The molecule has 27 heavy (non-hydrogen) atoms. The zero-order valence-electron chi connectivity index (χ0n) is 15.6. The number of nitrogens with zero attached hydrogens (tertiary/aromatic N) is 1. The number of carbonyl (C=O) groups excluding carboxylic acids is 1. The van der Waals surface area contributed by atoms with Gasteiger partial charge in [0.15, 0.2) is 0 Å². The van der Waals surface area contributed by atoms with Crippen molar-refractivity contribution in [2.45, 2.75) is 12.7 Å². The van der Waals surface area contributed by atoms with Crippen LogP contribution >= 0.6 is 0 Å². The first-order valence-corrected chi connectivity index (χ1v) is 9.21. The molecule has 0 saturated carbocycles. The van der Waals surface area contributed by atoms with Gasteiger partial charge in [0, 0.05) is 0 Å². The second-order valence-electron chi connectivity index (χ2n) is 6.00. The Labute approximate surface area is 159 Å². The van der Waals surface area contributed by atoms with Crippen LogP contribution in [0.1, 0.15) is 5.56 Å². The van der Waals surface area contributed by atoms with Crippen LogP contribution in [0, 0.1) is 0 Å². The average molecular weight is 383 g/mol. The minimum atomic E-state index is -0.310. The van der Waals surface area contributed by atoms with Gasteiger partial charge in [-0.1, -0.05) is 30.3 Å². The topological polar surface area (TPSA) is 86.7 Å². The minimum absolute atomic E-state index is 0.0245. The molecule has 1 aromatic rings. The molecule has 0 aliphatic carbocycles. The van der Waals surface area contributed by atoms with E-state index in [1.165, 1.54) is 0 Å². The first-order valence-electron chi connectivity index (χ1n) is 9.21. The molecule has 1 aliphatic heterocycles. The van der Waals surface area contributed by atoms with E-state index in [1.807, 2.05) is 30.3 Å². The van der Waals surface area contributed by atoms with Crippen LogP contribution in [0.2, 0.25) is 0 Å². The molecule has 1 fully saturated rings. The van der Waals surface area contributed by atoms with Gasteiger partial charge < -0.3 is 33.7 Å². The van der Waals surface area contributed by atoms with E-state index in [0.29, 0.717) is 59.3 Å². The highest BCUT2D eigenvalue weighted by Gasteiger charge is 2.32. The smallest absolute Gasteiger partial charge is 0.410 e. The molecule has 2 rings (SSSR count). The van der Waals surface area contributed by atoms with Gasteiger partial charge in [-0.25, -0.2) is 4.79 Å². The lowest BCUT2D eigenvalue weighted by Crippen LogP contribution is -2.55. The number of amides is 1. The van der Waals surface area contributed by atoms with Crippen molar-refractivity contribution in [1.82, 2.24) is 4.90 Å². The van der Waals surface area contributed by atoms with E-state index in [2.05, 4.69) is 0 Å². The molecule has 1 heterocycles. The highest BCUT2D eigenvalue weighted by atomic mass is 16.6. The first kappa shape index (κ1) is 21.6. The predicted molar refractivity (Wildman–Crippen MR) is 97.5 cm³/mol. The van der Waals surface area contributed by atoms with Crippen LogP contribution in [0.4, 0.5) is 4.79 Å². The Morgan fingerprint density at radius 1 is 0.926 bits per heavy atom. The fraction of sp³-hybridized carbons (Fsp3) is 0.632. The van der Waals surface area contributed by atoms with Crippen LogP contribution in [0.5, 0.6) is 0 Å². The fourth-order valence-corrected chi connectivity index (χ4v) is 2.38. The molecule has 1 N–H and O–H groups in total. The number of aliphatic hydroxyl groups is 1. The number of hydrogen-bond acceptors (Lipinski definition) is 7. The average Bonchev–Trinajstić information content (AvgIpc) is 2.66. The second kappa shape index (κ2) is 13.5. The summed E-state index contributed by atoms with van der Waals surface area (Å²) in [5.41, 5.74) is 0.970. The molecular weight excluding hydrogens is 354 g/mol. The summed E-state index contributed by atoms with van der Waals surface area (Å²) < 4.78 is 26.7. The third-order valence-corrected chi connectivity index (χ3v) is 3.87. The van der Waals surface area contributed by atoms with Crippen LogP contribution in [0.15, 0.2) is 30.3 Å². The zero-order chi connectivity index (χ0) is 19.2. The highest BCUT2D eigenvalue weighted by molar-refractivity contribution is 5.68. The quantitative estimate of drug-likeness (QED) is 0.481. The minimum Gasteiger partial charge on any atom is -0.445 e. The van der Waals surface area contributed by atoms with E-state index in [-0.39, 0.29) is 25.4 Å². The van der Waals surface area contributed by atoms with Crippen LogP contribution in [-0.2, 0) is 30.3 Å². The maximum atomic E-state index is 11.9. The van der Waals surface area contributed by atoms with Crippen molar-refractivity contribution in [2.75, 3.05) is 65.9 Å². The number of aliphatic hydroxyl groups excluding tert-OH is 1. The number of carbonyl (C=O) groups is 1. The summed E-state index contributed by atoms with van der Waals surface area (Å²) in [5.74, 6) is 0. The van der Waals surface area contributed by atoms with Gasteiger partial charge in [0.1, 0.15) is 6.61 Å². The molecule has 1 aliphatic rings. The number of benzene rings is 1. The normalized spacial score (nSPS) is 14.2. The molecule has 0 unspecified atom stereocenters. The maximum absolute atomic E-state index is 11.9. The lowest BCUT2D eigenvalue weighted by Gasteiger charge is -2.37. The molecule has 8 heteroatoms. The summed E-state index contributed by atoms with van der Waals surface area (Å²) in [6, 6.07) is 9.60.